The predicted molar refractivity (Wildman–Crippen MR) is 171 cm³/mol. The summed E-state index contributed by atoms with van der Waals surface area (Å²) < 4.78 is 57.0. The van der Waals surface area contributed by atoms with E-state index in [1.165, 1.54) is 23.5 Å². The number of benzene rings is 1. The van der Waals surface area contributed by atoms with E-state index in [-0.39, 0.29) is 22.9 Å². The third-order valence-corrected chi connectivity index (χ3v) is 8.93. The van der Waals surface area contributed by atoms with Crippen molar-refractivity contribution in [3.8, 4) is 0 Å². The average Bonchev–Trinajstić information content (AvgIpc) is 2.97. The van der Waals surface area contributed by atoms with Crippen LogP contribution < -0.4 is 15.5 Å². The zero-order valence-corrected chi connectivity index (χ0v) is 26.8. The van der Waals surface area contributed by atoms with Crippen molar-refractivity contribution in [1.29, 1.82) is 0 Å². The maximum atomic E-state index is 15.0. The molecular formula is C32H41F4N6OP. The lowest BCUT2D eigenvalue weighted by Gasteiger charge is -2.34. The average molecular weight is 633 g/mol. The summed E-state index contributed by atoms with van der Waals surface area (Å²) in [5.74, 6) is -0.983. The van der Waals surface area contributed by atoms with Gasteiger partial charge < -0.3 is 15.1 Å². The van der Waals surface area contributed by atoms with Crippen molar-refractivity contribution in [2.24, 2.45) is 10.9 Å². The Hall–Kier alpha value is -3.14. The molecule has 238 valence electrons. The Balaban J connectivity index is 1.49. The number of aliphatic imine (C=N–C) groups is 1. The van der Waals surface area contributed by atoms with Gasteiger partial charge in [0.1, 0.15) is 11.6 Å². The van der Waals surface area contributed by atoms with Crippen molar-refractivity contribution < 1.29 is 22.4 Å². The summed E-state index contributed by atoms with van der Waals surface area (Å²) in [6.45, 7) is 10.3. The lowest BCUT2D eigenvalue weighted by molar-refractivity contribution is -0.137. The quantitative estimate of drug-likeness (QED) is 0.226. The van der Waals surface area contributed by atoms with Crippen LogP contribution in [-0.4, -0.2) is 61.0 Å². The van der Waals surface area contributed by atoms with E-state index in [4.69, 9.17) is 0 Å². The van der Waals surface area contributed by atoms with Crippen LogP contribution in [0.5, 0.6) is 0 Å². The van der Waals surface area contributed by atoms with Gasteiger partial charge in [-0.3, -0.25) is 15.1 Å². The van der Waals surface area contributed by atoms with Crippen LogP contribution in [0.15, 0.2) is 58.6 Å². The number of allylic oxidation sites excluding steroid dienone is 3. The minimum Gasteiger partial charge on any atom is -0.354 e. The Morgan fingerprint density at radius 1 is 1.14 bits per heavy atom. The van der Waals surface area contributed by atoms with Gasteiger partial charge in [0.05, 0.1) is 22.6 Å². The van der Waals surface area contributed by atoms with Gasteiger partial charge >= 0.3 is 6.18 Å². The molecule has 1 amide bonds. The van der Waals surface area contributed by atoms with E-state index in [2.05, 4.69) is 53.5 Å². The molecule has 12 heteroatoms. The Morgan fingerprint density at radius 3 is 2.52 bits per heavy atom. The Labute approximate surface area is 258 Å². The third kappa shape index (κ3) is 8.73. The van der Waals surface area contributed by atoms with E-state index in [0.717, 1.165) is 30.8 Å². The molecule has 1 aromatic heterocycles. The van der Waals surface area contributed by atoms with Gasteiger partial charge in [-0.1, -0.05) is 41.5 Å². The van der Waals surface area contributed by atoms with Gasteiger partial charge in [-0.2, -0.15) is 13.2 Å². The van der Waals surface area contributed by atoms with E-state index in [9.17, 15) is 22.4 Å². The number of rotatable bonds is 9. The summed E-state index contributed by atoms with van der Waals surface area (Å²) in [5, 5.41) is 7.23. The lowest BCUT2D eigenvalue weighted by atomic mass is 10.1. The van der Waals surface area contributed by atoms with Crippen molar-refractivity contribution in [3.63, 3.8) is 0 Å². The summed E-state index contributed by atoms with van der Waals surface area (Å²) in [7, 11) is 2.32. The van der Waals surface area contributed by atoms with Gasteiger partial charge in [0.25, 0.3) is 5.91 Å². The highest BCUT2D eigenvalue weighted by Gasteiger charge is 2.37. The number of anilines is 2. The summed E-state index contributed by atoms with van der Waals surface area (Å²) in [4.78, 5) is 25.4. The normalized spacial score (nSPS) is 21.0. The van der Waals surface area contributed by atoms with Crippen LogP contribution in [0.3, 0.4) is 0 Å². The van der Waals surface area contributed by atoms with Crippen LogP contribution >= 0.6 is 8.58 Å². The monoisotopic (exact) mass is 632 g/mol. The number of carbonyl (C=O) groups excluding carboxylic acids is 1. The Bertz CT molecular complexity index is 1420. The van der Waals surface area contributed by atoms with Crippen LogP contribution in [-0.2, 0) is 6.18 Å². The summed E-state index contributed by atoms with van der Waals surface area (Å²) >= 11 is 0. The smallest absolute Gasteiger partial charge is 0.354 e. The fourth-order valence-electron chi connectivity index (χ4n) is 5.04. The SMILES string of the molecule is CC/C=C1/N=CC(NC(C)c2cc(NC(=O)c3cnc(N4CCN(C)CC4)c(C(F)(F)F)c3)ccc2F)P/C1=C\CC(C)C. The molecule has 2 aromatic rings. The van der Waals surface area contributed by atoms with E-state index in [1.807, 2.05) is 25.1 Å². The minimum atomic E-state index is -4.69. The number of hydrogen-bond donors (Lipinski definition) is 2. The summed E-state index contributed by atoms with van der Waals surface area (Å²) in [6.07, 6.45) is 4.47. The number of alkyl halides is 3. The first-order valence-corrected chi connectivity index (χ1v) is 16.0. The number of halogens is 4. The highest BCUT2D eigenvalue weighted by molar-refractivity contribution is 7.45. The molecule has 3 atom stereocenters. The number of pyridine rings is 1. The molecule has 44 heavy (non-hydrogen) atoms. The van der Waals surface area contributed by atoms with E-state index >= 15 is 0 Å². The van der Waals surface area contributed by atoms with Crippen molar-refractivity contribution in [2.75, 3.05) is 43.4 Å². The molecule has 2 aliphatic rings. The van der Waals surface area contributed by atoms with Crippen LogP contribution in [0.4, 0.5) is 29.1 Å². The molecule has 2 N–H and O–H groups in total. The number of likely N-dealkylation sites (N-methyl/N-ethyl adjacent to an activating group) is 1. The number of piperazine rings is 1. The molecule has 1 saturated heterocycles. The number of aromatic nitrogens is 1. The molecule has 0 aliphatic carbocycles. The predicted octanol–water partition coefficient (Wildman–Crippen LogP) is 7.21. The molecule has 2 aliphatic heterocycles. The second-order valence-electron chi connectivity index (χ2n) is 11.6. The van der Waals surface area contributed by atoms with Crippen LogP contribution in [0.1, 0.15) is 68.1 Å². The summed E-state index contributed by atoms with van der Waals surface area (Å²) in [5.41, 5.74) is 0.378. The van der Waals surface area contributed by atoms with Crippen LogP contribution in [0, 0.1) is 11.7 Å². The molecule has 1 aromatic carbocycles. The van der Waals surface area contributed by atoms with E-state index in [1.54, 1.807) is 4.90 Å². The largest absolute Gasteiger partial charge is 0.419 e. The topological polar surface area (TPSA) is 72.9 Å². The first-order chi connectivity index (χ1) is 20.8. The number of nitrogens with one attached hydrogen (secondary N) is 2. The second-order valence-corrected chi connectivity index (χ2v) is 13.1. The van der Waals surface area contributed by atoms with Gasteiger partial charge in [-0.25, -0.2) is 9.37 Å². The number of carbonyl (C=O) groups is 1. The number of hydrogen-bond acceptors (Lipinski definition) is 6. The van der Waals surface area contributed by atoms with E-state index < -0.39 is 29.5 Å². The first kappa shape index (κ1) is 33.7. The van der Waals surface area contributed by atoms with E-state index in [0.29, 0.717) is 46.2 Å². The molecule has 0 spiro atoms. The van der Waals surface area contributed by atoms with Crippen molar-refractivity contribution in [1.82, 2.24) is 15.2 Å². The fourth-order valence-corrected chi connectivity index (χ4v) is 6.40. The molecule has 1 fully saturated rings. The fraction of sp³-hybridized carbons (Fsp3) is 0.469. The standard InChI is InChI=1S/C32H41F4N6OP/c1-6-7-27-28(11-8-20(2)3)44-29(19-37-27)39-21(4)24-17-23(9-10-26(24)33)40-31(43)22-16-25(32(34,35)36)30(38-18-22)42-14-12-41(5)13-15-42/h7,9-11,16-21,29,39,44H,6,8,12-15H2,1-5H3,(H,40,43)/b27-7+,28-11-. The highest BCUT2D eigenvalue weighted by atomic mass is 31.1. The van der Waals surface area contributed by atoms with Crippen LogP contribution in [0.25, 0.3) is 0 Å². The number of amides is 1. The van der Waals surface area contributed by atoms with Crippen molar-refractivity contribution in [3.05, 3.63) is 76.1 Å². The zero-order valence-electron chi connectivity index (χ0n) is 25.8. The van der Waals surface area contributed by atoms with Crippen LogP contribution in [0.2, 0.25) is 0 Å². The molecule has 4 rings (SSSR count). The molecule has 7 nitrogen and oxygen atoms in total. The Morgan fingerprint density at radius 2 is 1.86 bits per heavy atom. The van der Waals surface area contributed by atoms with Crippen molar-refractivity contribution in [2.45, 2.75) is 58.5 Å². The zero-order chi connectivity index (χ0) is 32.0. The molecule has 3 heterocycles. The van der Waals surface area contributed by atoms with Gasteiger partial charge in [0.2, 0.25) is 0 Å². The lowest BCUT2D eigenvalue weighted by Crippen LogP contribution is -2.45. The van der Waals surface area contributed by atoms with Gasteiger partial charge in [-0.15, -0.1) is 0 Å². The number of nitrogens with zero attached hydrogens (tertiary/aromatic N) is 4. The van der Waals surface area contributed by atoms with Gasteiger partial charge in [-0.05, 0) is 62.3 Å². The Kier molecular flexibility index (Phi) is 11.3. The second kappa shape index (κ2) is 14.8. The molecule has 0 bridgehead atoms. The molecular weight excluding hydrogens is 591 g/mol. The van der Waals surface area contributed by atoms with Crippen molar-refractivity contribution >= 4 is 32.2 Å². The molecule has 0 radical (unpaired) electrons. The first-order valence-electron chi connectivity index (χ1n) is 14.9. The summed E-state index contributed by atoms with van der Waals surface area (Å²) in [6, 6.07) is 4.53. The van der Waals surface area contributed by atoms with Gasteiger partial charge in [0.15, 0.2) is 0 Å². The molecule has 0 saturated carbocycles. The third-order valence-electron chi connectivity index (χ3n) is 7.53. The maximum Gasteiger partial charge on any atom is 0.419 e. The maximum absolute atomic E-state index is 15.0. The van der Waals surface area contributed by atoms with Gasteiger partial charge in [0, 0.05) is 55.9 Å². The minimum absolute atomic E-state index is 0.0965. The molecule has 3 unspecified atom stereocenters. The highest BCUT2D eigenvalue weighted by Crippen LogP contribution is 2.40.